The molecule has 5 aliphatic rings. The Morgan fingerprint density at radius 1 is 0.833 bits per heavy atom. The van der Waals surface area contributed by atoms with Crippen molar-refractivity contribution in [2.24, 2.45) is 5.41 Å². The van der Waals surface area contributed by atoms with Crippen LogP contribution in [0, 0.1) is 5.41 Å². The van der Waals surface area contributed by atoms with Gasteiger partial charge < -0.3 is 4.57 Å². The second-order valence-corrected chi connectivity index (χ2v) is 11.1. The highest BCUT2D eigenvalue weighted by Crippen LogP contribution is 2.61. The Balaban J connectivity index is 1.31. The van der Waals surface area contributed by atoms with Crippen molar-refractivity contribution in [1.29, 1.82) is 0 Å². The fraction of sp³-hybridized carbons (Fsp3) is 0.704. The lowest BCUT2D eigenvalue weighted by Gasteiger charge is -2.53. The van der Waals surface area contributed by atoms with Crippen molar-refractivity contribution in [3.8, 4) is 0 Å². The largest absolute Gasteiger partial charge is 0.311 e. The number of fused-ring (bicyclic) bond motifs is 3. The molecule has 3 heteroatoms. The number of aromatic nitrogens is 3. The highest BCUT2D eigenvalue weighted by molar-refractivity contribution is 5.40. The highest BCUT2D eigenvalue weighted by atomic mass is 15.3. The molecule has 1 aromatic carbocycles. The second-order valence-electron chi connectivity index (χ2n) is 11.1. The van der Waals surface area contributed by atoms with Crippen LogP contribution in [-0.2, 0) is 10.8 Å². The van der Waals surface area contributed by atoms with Gasteiger partial charge in [-0.05, 0) is 81.6 Å². The topological polar surface area (TPSA) is 30.7 Å². The van der Waals surface area contributed by atoms with E-state index >= 15 is 0 Å². The molecule has 160 valence electrons. The van der Waals surface area contributed by atoms with E-state index in [1.165, 1.54) is 107 Å². The Kier molecular flexibility index (Phi) is 4.41. The highest BCUT2D eigenvalue weighted by Gasteiger charge is 2.55. The molecule has 1 aromatic heterocycles. The van der Waals surface area contributed by atoms with Crippen LogP contribution < -0.4 is 0 Å². The molecule has 5 fully saturated rings. The maximum atomic E-state index is 5.01. The summed E-state index contributed by atoms with van der Waals surface area (Å²) in [6.07, 6.45) is 19.1. The monoisotopic (exact) mass is 403 g/mol. The maximum Gasteiger partial charge on any atom is 0.143 e. The third-order valence-electron chi connectivity index (χ3n) is 9.30. The van der Waals surface area contributed by atoms with Crippen LogP contribution in [0.5, 0.6) is 0 Å². The molecule has 2 aromatic rings. The number of hydrogen-bond acceptors (Lipinski definition) is 2. The predicted molar refractivity (Wildman–Crippen MR) is 121 cm³/mol. The summed E-state index contributed by atoms with van der Waals surface area (Å²) in [5.74, 6) is 2.68. The van der Waals surface area contributed by atoms with Gasteiger partial charge in [0.25, 0.3) is 0 Å². The fourth-order valence-corrected chi connectivity index (χ4v) is 6.91. The molecule has 2 bridgehead atoms. The van der Waals surface area contributed by atoms with E-state index < -0.39 is 0 Å². The summed E-state index contributed by atoms with van der Waals surface area (Å²) in [5.41, 5.74) is 2.56. The normalized spacial score (nSPS) is 31.8. The summed E-state index contributed by atoms with van der Waals surface area (Å²) in [4.78, 5) is 0. The van der Waals surface area contributed by atoms with Crippen LogP contribution in [0.15, 0.2) is 30.3 Å². The first-order chi connectivity index (χ1) is 14.7. The third kappa shape index (κ3) is 2.91. The molecule has 0 spiro atoms. The van der Waals surface area contributed by atoms with E-state index in [1.807, 2.05) is 0 Å². The van der Waals surface area contributed by atoms with E-state index in [-0.39, 0.29) is 5.41 Å². The van der Waals surface area contributed by atoms with E-state index in [9.17, 15) is 0 Å². The van der Waals surface area contributed by atoms with Crippen LogP contribution in [0.4, 0.5) is 0 Å². The van der Waals surface area contributed by atoms with Crippen molar-refractivity contribution in [2.45, 2.75) is 114 Å². The maximum absolute atomic E-state index is 5.01. The lowest BCUT2D eigenvalue weighted by Crippen LogP contribution is -2.45. The van der Waals surface area contributed by atoms with Crippen LogP contribution in [0.1, 0.15) is 120 Å². The van der Waals surface area contributed by atoms with Gasteiger partial charge in [0, 0.05) is 11.5 Å². The van der Waals surface area contributed by atoms with E-state index in [0.29, 0.717) is 16.9 Å². The molecule has 1 heterocycles. The van der Waals surface area contributed by atoms with E-state index in [0.717, 1.165) is 0 Å². The van der Waals surface area contributed by atoms with Gasteiger partial charge in [0.1, 0.15) is 11.6 Å². The number of unbranched alkanes of at least 4 members (excludes halogenated alkanes) is 2. The van der Waals surface area contributed by atoms with Crippen molar-refractivity contribution in [1.82, 2.24) is 14.8 Å². The minimum atomic E-state index is 0.138. The Morgan fingerprint density at radius 3 is 2.10 bits per heavy atom. The van der Waals surface area contributed by atoms with Crippen molar-refractivity contribution in [3.63, 3.8) is 0 Å². The first kappa shape index (κ1) is 19.1. The summed E-state index contributed by atoms with van der Waals surface area (Å²) in [5, 5.41) is 9.98. The SMILES string of the molecule is CCCCCC12CCC(c3nnc(C4(c5ccccc5)CC4)n3C3CC3)(CC1)CC2. The summed E-state index contributed by atoms with van der Waals surface area (Å²) >= 11 is 0. The zero-order valence-corrected chi connectivity index (χ0v) is 18.7. The average molecular weight is 404 g/mol. The Bertz CT molecular complexity index is 879. The first-order valence-electron chi connectivity index (χ1n) is 12.7. The van der Waals surface area contributed by atoms with E-state index in [2.05, 4.69) is 41.8 Å². The Labute approximate surface area is 181 Å². The van der Waals surface area contributed by atoms with Gasteiger partial charge in [0.05, 0.1) is 5.41 Å². The Morgan fingerprint density at radius 2 is 1.50 bits per heavy atom. The summed E-state index contributed by atoms with van der Waals surface area (Å²) in [6.45, 7) is 2.33. The van der Waals surface area contributed by atoms with Crippen molar-refractivity contribution in [3.05, 3.63) is 47.5 Å². The molecule has 0 unspecified atom stereocenters. The first-order valence-corrected chi connectivity index (χ1v) is 12.7. The number of rotatable bonds is 8. The van der Waals surface area contributed by atoms with Crippen LogP contribution >= 0.6 is 0 Å². The van der Waals surface area contributed by atoms with Gasteiger partial charge in [0.15, 0.2) is 0 Å². The molecule has 5 saturated carbocycles. The zero-order valence-electron chi connectivity index (χ0n) is 18.7. The number of nitrogens with zero attached hydrogens (tertiary/aromatic N) is 3. The lowest BCUT2D eigenvalue weighted by molar-refractivity contribution is 0.0244. The average Bonchev–Trinajstić information content (AvgIpc) is 3.74. The van der Waals surface area contributed by atoms with Gasteiger partial charge in [0.2, 0.25) is 0 Å². The lowest BCUT2D eigenvalue weighted by atomic mass is 9.52. The molecule has 0 saturated heterocycles. The minimum Gasteiger partial charge on any atom is -0.311 e. The predicted octanol–water partition coefficient (Wildman–Crippen LogP) is 6.87. The van der Waals surface area contributed by atoms with Gasteiger partial charge >= 0.3 is 0 Å². The third-order valence-corrected chi connectivity index (χ3v) is 9.30. The molecule has 0 radical (unpaired) electrons. The summed E-state index contributed by atoms with van der Waals surface area (Å²) in [7, 11) is 0. The quantitative estimate of drug-likeness (QED) is 0.450. The Hall–Kier alpha value is -1.64. The molecule has 30 heavy (non-hydrogen) atoms. The zero-order chi connectivity index (χ0) is 20.2. The molecule has 0 aliphatic heterocycles. The van der Waals surface area contributed by atoms with Crippen molar-refractivity contribution < 1.29 is 0 Å². The molecule has 0 amide bonds. The standard InChI is InChI=1S/C27H37N3/c1-2-3-7-12-25-13-16-26(17-14-25,18-15-25)23-28-29-24(30(23)22-10-11-22)27(19-20-27)21-8-5-4-6-9-21/h4-6,8-9,22H,2-3,7,10-20H2,1H3. The molecule has 0 atom stereocenters. The van der Waals surface area contributed by atoms with E-state index in [1.54, 1.807) is 0 Å². The molecule has 7 rings (SSSR count). The van der Waals surface area contributed by atoms with Gasteiger partial charge in [-0.3, -0.25) is 0 Å². The van der Waals surface area contributed by atoms with Crippen molar-refractivity contribution >= 4 is 0 Å². The molecule has 0 N–H and O–H groups in total. The molecular weight excluding hydrogens is 366 g/mol. The van der Waals surface area contributed by atoms with Gasteiger partial charge in [-0.2, -0.15) is 0 Å². The van der Waals surface area contributed by atoms with Crippen LogP contribution in [0.25, 0.3) is 0 Å². The smallest absolute Gasteiger partial charge is 0.143 e. The number of hydrogen-bond donors (Lipinski definition) is 0. The summed E-state index contributed by atoms with van der Waals surface area (Å²) < 4.78 is 2.68. The van der Waals surface area contributed by atoms with Crippen molar-refractivity contribution in [2.75, 3.05) is 0 Å². The van der Waals surface area contributed by atoms with Crippen LogP contribution in [-0.4, -0.2) is 14.8 Å². The fourth-order valence-electron chi connectivity index (χ4n) is 6.91. The van der Waals surface area contributed by atoms with Crippen LogP contribution in [0.2, 0.25) is 0 Å². The van der Waals surface area contributed by atoms with Gasteiger partial charge in [-0.25, -0.2) is 0 Å². The minimum absolute atomic E-state index is 0.138. The van der Waals surface area contributed by atoms with Crippen LogP contribution in [0.3, 0.4) is 0 Å². The van der Waals surface area contributed by atoms with E-state index in [4.69, 9.17) is 10.2 Å². The van der Waals surface area contributed by atoms with Gasteiger partial charge in [-0.15, -0.1) is 10.2 Å². The number of benzene rings is 1. The molecular formula is C27H37N3. The molecule has 3 nitrogen and oxygen atoms in total. The molecule has 5 aliphatic carbocycles. The summed E-state index contributed by atoms with van der Waals surface area (Å²) in [6, 6.07) is 11.8. The second kappa shape index (κ2) is 6.93. The van der Waals surface area contributed by atoms with Gasteiger partial charge in [-0.1, -0.05) is 56.5 Å².